The van der Waals surface area contributed by atoms with Crippen LogP contribution in [0.4, 0.5) is 4.79 Å². The van der Waals surface area contributed by atoms with Crippen LogP contribution in [-0.2, 0) is 4.74 Å². The molecular weight excluding hydrogens is 324 g/mol. The van der Waals surface area contributed by atoms with Crippen molar-refractivity contribution in [1.82, 2.24) is 9.80 Å². The molecule has 0 N–H and O–H groups in total. The molecule has 0 aliphatic carbocycles. The van der Waals surface area contributed by atoms with Crippen molar-refractivity contribution >= 4 is 23.8 Å². The number of hydrogen-bond acceptors (Lipinski definition) is 3. The van der Waals surface area contributed by atoms with Crippen LogP contribution in [0.15, 0.2) is 30.3 Å². The summed E-state index contributed by atoms with van der Waals surface area (Å²) in [6.45, 7) is 4.73. The van der Waals surface area contributed by atoms with E-state index in [2.05, 4.69) is 23.1 Å². The molecule has 2 saturated heterocycles. The van der Waals surface area contributed by atoms with E-state index in [1.807, 2.05) is 30.0 Å². The summed E-state index contributed by atoms with van der Waals surface area (Å²) in [5.41, 5.74) is 1.13. The van der Waals surface area contributed by atoms with Gasteiger partial charge in [-0.3, -0.25) is 4.90 Å². The van der Waals surface area contributed by atoms with Gasteiger partial charge >= 0.3 is 6.09 Å². The number of fused-ring (bicyclic) bond motifs is 1. The summed E-state index contributed by atoms with van der Waals surface area (Å²) in [7, 11) is 0. The Morgan fingerprint density at radius 1 is 1.38 bits per heavy atom. The van der Waals surface area contributed by atoms with Crippen LogP contribution in [0.3, 0.4) is 0 Å². The van der Waals surface area contributed by atoms with E-state index in [4.69, 9.17) is 16.3 Å². The first-order chi connectivity index (χ1) is 11.7. The average molecular weight is 349 g/mol. The molecule has 1 aromatic carbocycles. The Hall–Kier alpha value is -1.52. The molecule has 2 atom stereocenters. The van der Waals surface area contributed by atoms with Gasteiger partial charge in [0.15, 0.2) is 0 Å². The molecule has 0 unspecified atom stereocenters. The summed E-state index contributed by atoms with van der Waals surface area (Å²) < 4.78 is 5.15. The minimum Gasteiger partial charge on any atom is -0.450 e. The molecule has 2 aliphatic heterocycles. The Kier molecular flexibility index (Phi) is 5.80. The number of halogens is 1. The second-order valence-corrected chi connectivity index (χ2v) is 6.89. The Bertz CT molecular complexity index is 605. The first kappa shape index (κ1) is 17.3. The van der Waals surface area contributed by atoms with E-state index >= 15 is 0 Å². The van der Waals surface area contributed by atoms with E-state index in [0.29, 0.717) is 18.7 Å². The van der Waals surface area contributed by atoms with Crippen LogP contribution in [0.2, 0.25) is 5.02 Å². The fourth-order valence-electron chi connectivity index (χ4n) is 3.71. The Labute approximate surface area is 149 Å². The molecule has 5 heteroatoms. The first-order valence-corrected chi connectivity index (χ1v) is 9.16. The highest BCUT2D eigenvalue weighted by atomic mass is 35.5. The predicted molar refractivity (Wildman–Crippen MR) is 97.2 cm³/mol. The Balaban J connectivity index is 1.64. The number of rotatable bonds is 3. The number of nitrogens with zero attached hydrogens (tertiary/aromatic N) is 2. The quantitative estimate of drug-likeness (QED) is 0.826. The molecule has 2 fully saturated rings. The van der Waals surface area contributed by atoms with Gasteiger partial charge in [-0.25, -0.2) is 4.79 Å². The molecule has 1 amide bonds. The third-order valence-electron chi connectivity index (χ3n) is 4.88. The zero-order valence-electron chi connectivity index (χ0n) is 14.2. The number of piperidine rings is 1. The Morgan fingerprint density at radius 2 is 2.25 bits per heavy atom. The van der Waals surface area contributed by atoms with Crippen molar-refractivity contribution in [2.24, 2.45) is 0 Å². The molecule has 0 bridgehead atoms. The molecular formula is C19H25ClN2O2. The lowest BCUT2D eigenvalue weighted by molar-refractivity contribution is 0.0202. The molecule has 2 heterocycles. The van der Waals surface area contributed by atoms with Crippen LogP contribution in [-0.4, -0.2) is 54.2 Å². The van der Waals surface area contributed by atoms with Gasteiger partial charge in [-0.2, -0.15) is 0 Å². The summed E-state index contributed by atoms with van der Waals surface area (Å²) in [5, 5.41) is 0.765. The number of carbonyl (C=O) groups excluding carboxylic acids is 1. The second kappa shape index (κ2) is 8.04. The standard InChI is InChI=1S/C19H25ClN2O2/c1-2-24-19(23)21-11-12-22-17(7-4-8-18(22)14-21)10-9-15-5-3-6-16(20)13-15/h3,5-6,9-10,13,17-18H,2,4,7-8,11-12,14H2,1H3/b10-9+/t17-,18+/m1/s1. The lowest BCUT2D eigenvalue weighted by Crippen LogP contribution is -2.59. The second-order valence-electron chi connectivity index (χ2n) is 6.45. The third kappa shape index (κ3) is 4.11. The van der Waals surface area contributed by atoms with E-state index in [1.165, 1.54) is 12.8 Å². The maximum absolute atomic E-state index is 12.0. The zero-order valence-corrected chi connectivity index (χ0v) is 14.9. The molecule has 0 radical (unpaired) electrons. The first-order valence-electron chi connectivity index (χ1n) is 8.78. The lowest BCUT2D eigenvalue weighted by atomic mass is 9.93. The summed E-state index contributed by atoms with van der Waals surface area (Å²) >= 11 is 6.05. The van der Waals surface area contributed by atoms with Crippen LogP contribution < -0.4 is 0 Å². The molecule has 2 aliphatic rings. The molecule has 4 nitrogen and oxygen atoms in total. The number of amides is 1. The fourth-order valence-corrected chi connectivity index (χ4v) is 3.91. The maximum atomic E-state index is 12.0. The number of benzene rings is 1. The molecule has 0 aromatic heterocycles. The highest BCUT2D eigenvalue weighted by Crippen LogP contribution is 2.28. The van der Waals surface area contributed by atoms with Gasteiger partial charge < -0.3 is 9.64 Å². The van der Waals surface area contributed by atoms with E-state index in [1.54, 1.807) is 0 Å². The smallest absolute Gasteiger partial charge is 0.409 e. The molecule has 24 heavy (non-hydrogen) atoms. The fraction of sp³-hybridized carbons (Fsp3) is 0.526. The monoisotopic (exact) mass is 348 g/mol. The van der Waals surface area contributed by atoms with Crippen molar-refractivity contribution in [2.75, 3.05) is 26.2 Å². The van der Waals surface area contributed by atoms with Gasteiger partial charge in [-0.15, -0.1) is 0 Å². The SMILES string of the molecule is CCOC(=O)N1CCN2[C@@H](CCC[C@@H]2/C=C/c2cccc(Cl)c2)C1. The molecule has 3 rings (SSSR count). The molecule has 130 valence electrons. The summed E-state index contributed by atoms with van der Waals surface area (Å²) in [4.78, 5) is 16.4. The van der Waals surface area contributed by atoms with Crippen LogP contribution >= 0.6 is 11.6 Å². The van der Waals surface area contributed by atoms with E-state index in [0.717, 1.165) is 36.6 Å². The number of piperazine rings is 1. The van der Waals surface area contributed by atoms with Crippen molar-refractivity contribution in [3.8, 4) is 0 Å². The highest BCUT2D eigenvalue weighted by Gasteiger charge is 2.35. The van der Waals surface area contributed by atoms with Crippen LogP contribution in [0.1, 0.15) is 31.7 Å². The van der Waals surface area contributed by atoms with Gasteiger partial charge in [-0.05, 0) is 43.9 Å². The van der Waals surface area contributed by atoms with Crippen molar-refractivity contribution < 1.29 is 9.53 Å². The summed E-state index contributed by atoms with van der Waals surface area (Å²) in [6.07, 6.45) is 7.80. The molecule has 0 saturated carbocycles. The van der Waals surface area contributed by atoms with Crippen molar-refractivity contribution in [1.29, 1.82) is 0 Å². The minimum atomic E-state index is -0.172. The topological polar surface area (TPSA) is 32.8 Å². The van der Waals surface area contributed by atoms with Crippen molar-refractivity contribution in [3.05, 3.63) is 40.9 Å². The number of hydrogen-bond donors (Lipinski definition) is 0. The van der Waals surface area contributed by atoms with Crippen molar-refractivity contribution in [3.63, 3.8) is 0 Å². The normalized spacial score (nSPS) is 24.8. The van der Waals surface area contributed by atoms with Crippen LogP contribution in [0.25, 0.3) is 6.08 Å². The van der Waals surface area contributed by atoms with Crippen LogP contribution in [0, 0.1) is 0 Å². The average Bonchev–Trinajstić information content (AvgIpc) is 2.59. The van der Waals surface area contributed by atoms with Gasteiger partial charge in [-0.1, -0.05) is 35.9 Å². The summed E-state index contributed by atoms with van der Waals surface area (Å²) in [6, 6.07) is 8.80. The zero-order chi connectivity index (χ0) is 16.9. The molecule has 1 aromatic rings. The minimum absolute atomic E-state index is 0.172. The number of carbonyl (C=O) groups is 1. The largest absolute Gasteiger partial charge is 0.450 e. The van der Waals surface area contributed by atoms with Gasteiger partial charge in [0, 0.05) is 36.7 Å². The lowest BCUT2D eigenvalue weighted by Gasteiger charge is -2.47. The predicted octanol–water partition coefficient (Wildman–Crippen LogP) is 4.05. The van der Waals surface area contributed by atoms with Gasteiger partial charge in [0.1, 0.15) is 0 Å². The van der Waals surface area contributed by atoms with E-state index < -0.39 is 0 Å². The van der Waals surface area contributed by atoms with Gasteiger partial charge in [0.2, 0.25) is 0 Å². The van der Waals surface area contributed by atoms with Gasteiger partial charge in [0.25, 0.3) is 0 Å². The number of ether oxygens (including phenoxy) is 1. The van der Waals surface area contributed by atoms with E-state index in [9.17, 15) is 4.79 Å². The Morgan fingerprint density at radius 3 is 3.04 bits per heavy atom. The van der Waals surface area contributed by atoms with Gasteiger partial charge in [0.05, 0.1) is 6.61 Å². The van der Waals surface area contributed by atoms with E-state index in [-0.39, 0.29) is 6.09 Å². The summed E-state index contributed by atoms with van der Waals surface area (Å²) in [5.74, 6) is 0. The third-order valence-corrected chi connectivity index (χ3v) is 5.11. The highest BCUT2D eigenvalue weighted by molar-refractivity contribution is 6.30. The molecule has 0 spiro atoms. The van der Waals surface area contributed by atoms with Crippen LogP contribution in [0.5, 0.6) is 0 Å². The van der Waals surface area contributed by atoms with Crippen molar-refractivity contribution in [2.45, 2.75) is 38.3 Å². The maximum Gasteiger partial charge on any atom is 0.409 e.